The SMILES string of the molecule is CC1(C)CCC[C@]2(C)[C@@H]1[C@H](O[C@@H]1O[C@H](CO)[C@@H](O)[C@H](O)[C@H]1O)C[C@@]13C[C@@H](CC[C@H]12)[C@@](O)(CO)C3. The number of hydrogen-bond acceptors (Lipinski definition) is 8. The van der Waals surface area contributed by atoms with Gasteiger partial charge >= 0.3 is 0 Å². The van der Waals surface area contributed by atoms with Gasteiger partial charge in [-0.15, -0.1) is 0 Å². The summed E-state index contributed by atoms with van der Waals surface area (Å²) in [4.78, 5) is 0. The maximum atomic E-state index is 11.3. The topological polar surface area (TPSA) is 140 Å². The molecule has 0 aromatic carbocycles. The van der Waals surface area contributed by atoms with E-state index >= 15 is 0 Å². The van der Waals surface area contributed by atoms with Gasteiger partial charge in [-0.05, 0) is 78.9 Å². The lowest BCUT2D eigenvalue weighted by atomic mass is 9.40. The number of ether oxygens (including phenoxy) is 2. The Morgan fingerprint density at radius 2 is 1.68 bits per heavy atom. The Bertz CT molecular complexity index is 774. The molecule has 1 aliphatic heterocycles. The van der Waals surface area contributed by atoms with Crippen molar-refractivity contribution in [3.05, 3.63) is 0 Å². The fourth-order valence-corrected chi connectivity index (χ4v) is 9.77. The lowest BCUT2D eigenvalue weighted by molar-refractivity contribution is -0.334. The van der Waals surface area contributed by atoms with Crippen molar-refractivity contribution in [2.24, 2.45) is 34.0 Å². The van der Waals surface area contributed by atoms with Crippen LogP contribution in [0.2, 0.25) is 0 Å². The van der Waals surface area contributed by atoms with Crippen LogP contribution in [0.25, 0.3) is 0 Å². The summed E-state index contributed by atoms with van der Waals surface area (Å²) >= 11 is 0. The van der Waals surface area contributed by atoms with Gasteiger partial charge in [0, 0.05) is 0 Å². The highest BCUT2D eigenvalue weighted by Crippen LogP contribution is 2.73. The molecule has 1 heterocycles. The summed E-state index contributed by atoms with van der Waals surface area (Å²) in [5.74, 6) is 0.700. The first-order chi connectivity index (χ1) is 15.9. The Morgan fingerprint density at radius 3 is 2.35 bits per heavy atom. The summed E-state index contributed by atoms with van der Waals surface area (Å²) in [5, 5.41) is 62.3. The van der Waals surface area contributed by atoms with Crippen LogP contribution in [0.5, 0.6) is 0 Å². The van der Waals surface area contributed by atoms with Crippen molar-refractivity contribution in [2.45, 2.75) is 115 Å². The van der Waals surface area contributed by atoms with E-state index in [1.54, 1.807) is 0 Å². The molecule has 0 aromatic heterocycles. The van der Waals surface area contributed by atoms with E-state index in [9.17, 15) is 30.6 Å². The van der Waals surface area contributed by atoms with Crippen LogP contribution in [0.4, 0.5) is 0 Å². The van der Waals surface area contributed by atoms with Crippen LogP contribution in [0, 0.1) is 34.0 Å². The summed E-state index contributed by atoms with van der Waals surface area (Å²) in [6, 6.07) is 0. The van der Waals surface area contributed by atoms with E-state index in [4.69, 9.17) is 9.47 Å². The lowest BCUT2D eigenvalue weighted by Crippen LogP contribution is -2.64. The summed E-state index contributed by atoms with van der Waals surface area (Å²) < 4.78 is 12.3. The van der Waals surface area contributed by atoms with Gasteiger partial charge < -0.3 is 40.1 Å². The summed E-state index contributed by atoms with van der Waals surface area (Å²) in [6.45, 7) is 6.25. The van der Waals surface area contributed by atoms with Gasteiger partial charge in [-0.1, -0.05) is 27.2 Å². The lowest BCUT2D eigenvalue weighted by Gasteiger charge is -2.66. The molecular weight excluding hydrogens is 440 g/mol. The van der Waals surface area contributed by atoms with Crippen LogP contribution in [0.15, 0.2) is 0 Å². The smallest absolute Gasteiger partial charge is 0.186 e. The largest absolute Gasteiger partial charge is 0.394 e. The second kappa shape index (κ2) is 8.35. The third-order valence-electron chi connectivity index (χ3n) is 10.9. The van der Waals surface area contributed by atoms with Gasteiger partial charge in [0.25, 0.3) is 0 Å². The van der Waals surface area contributed by atoms with Crippen LogP contribution in [0.1, 0.15) is 72.1 Å². The molecular formula is C26H44O8. The van der Waals surface area contributed by atoms with Gasteiger partial charge in [0.1, 0.15) is 24.4 Å². The molecule has 0 unspecified atom stereocenters. The molecule has 1 saturated heterocycles. The third kappa shape index (κ3) is 3.55. The number of rotatable bonds is 4. The highest BCUT2D eigenvalue weighted by Gasteiger charge is 2.69. The van der Waals surface area contributed by atoms with Crippen LogP contribution in [-0.4, -0.2) is 86.3 Å². The fraction of sp³-hybridized carbons (Fsp3) is 1.00. The monoisotopic (exact) mass is 484 g/mol. The quantitative estimate of drug-likeness (QED) is 0.324. The van der Waals surface area contributed by atoms with Crippen molar-refractivity contribution < 1.29 is 40.1 Å². The van der Waals surface area contributed by atoms with E-state index in [0.29, 0.717) is 18.8 Å². The van der Waals surface area contributed by atoms with E-state index in [2.05, 4.69) is 20.8 Å². The minimum Gasteiger partial charge on any atom is -0.394 e. The molecule has 8 nitrogen and oxygen atoms in total. The van der Waals surface area contributed by atoms with Crippen molar-refractivity contribution in [1.82, 2.24) is 0 Å². The Labute approximate surface area is 202 Å². The normalized spacial score (nSPS) is 56.6. The number of aliphatic hydroxyl groups excluding tert-OH is 5. The summed E-state index contributed by atoms with van der Waals surface area (Å²) in [7, 11) is 0. The molecule has 5 rings (SSSR count). The summed E-state index contributed by atoms with van der Waals surface area (Å²) in [6.07, 6.45) is 0.627. The molecule has 2 bridgehead atoms. The maximum absolute atomic E-state index is 11.3. The highest BCUT2D eigenvalue weighted by molar-refractivity contribution is 5.18. The van der Waals surface area contributed by atoms with Crippen molar-refractivity contribution in [1.29, 1.82) is 0 Å². The van der Waals surface area contributed by atoms with E-state index in [1.165, 1.54) is 0 Å². The van der Waals surface area contributed by atoms with Gasteiger partial charge in [0.05, 0.1) is 24.9 Å². The molecule has 0 aromatic rings. The average Bonchev–Trinajstić information content (AvgIpc) is 2.98. The van der Waals surface area contributed by atoms with Crippen LogP contribution in [-0.2, 0) is 9.47 Å². The van der Waals surface area contributed by atoms with Crippen molar-refractivity contribution in [3.63, 3.8) is 0 Å². The zero-order valence-electron chi connectivity index (χ0n) is 20.8. The van der Waals surface area contributed by atoms with E-state index < -0.39 is 42.9 Å². The van der Waals surface area contributed by atoms with Crippen molar-refractivity contribution in [2.75, 3.05) is 13.2 Å². The molecule has 1 spiro atoms. The van der Waals surface area contributed by atoms with Gasteiger partial charge in [-0.25, -0.2) is 0 Å². The van der Waals surface area contributed by atoms with E-state index in [1.807, 2.05) is 0 Å². The maximum Gasteiger partial charge on any atom is 0.186 e. The van der Waals surface area contributed by atoms with Gasteiger partial charge in [-0.3, -0.25) is 0 Å². The van der Waals surface area contributed by atoms with Crippen LogP contribution in [0.3, 0.4) is 0 Å². The van der Waals surface area contributed by atoms with Gasteiger partial charge in [-0.2, -0.15) is 0 Å². The predicted octanol–water partition coefficient (Wildman–Crippen LogP) is 0.938. The minimum atomic E-state index is -1.47. The van der Waals surface area contributed by atoms with Crippen molar-refractivity contribution in [3.8, 4) is 0 Å². The Hall–Kier alpha value is -0.320. The molecule has 12 atom stereocenters. The Morgan fingerprint density at radius 1 is 0.941 bits per heavy atom. The van der Waals surface area contributed by atoms with Gasteiger partial charge in [0.2, 0.25) is 0 Å². The van der Waals surface area contributed by atoms with E-state index in [0.717, 1.165) is 38.5 Å². The minimum absolute atomic E-state index is 0.00383. The highest BCUT2D eigenvalue weighted by atomic mass is 16.7. The Kier molecular flexibility index (Phi) is 6.22. The second-order valence-corrected chi connectivity index (χ2v) is 13.2. The third-order valence-corrected chi connectivity index (χ3v) is 10.9. The Balaban J connectivity index is 1.51. The molecule has 4 aliphatic carbocycles. The fourth-order valence-electron chi connectivity index (χ4n) is 9.77. The average molecular weight is 485 g/mol. The van der Waals surface area contributed by atoms with E-state index in [-0.39, 0.29) is 40.8 Å². The molecule has 4 saturated carbocycles. The van der Waals surface area contributed by atoms with Crippen LogP contribution < -0.4 is 0 Å². The van der Waals surface area contributed by atoms with Crippen molar-refractivity contribution >= 4 is 0 Å². The standard InChI is InChI=1S/C26H44O8/c1-23(2)7-4-8-24(3)17-6-5-14-9-25(17,12-26(14,32)13-28)10-15(21(23)24)33-22-20(31)19(30)18(29)16(11-27)34-22/h14-22,27-32H,4-13H2,1-3H3/t14-,15-,16-,17+,18-,19+,20-,21-,22-,24+,25-,26+/m1/s1. The first-order valence-electron chi connectivity index (χ1n) is 13.2. The van der Waals surface area contributed by atoms with Gasteiger partial charge in [0.15, 0.2) is 6.29 Å². The number of fused-ring (bicyclic) bond motifs is 3. The molecule has 0 amide bonds. The molecule has 6 N–H and O–H groups in total. The zero-order chi connectivity index (χ0) is 24.7. The molecule has 5 fully saturated rings. The second-order valence-electron chi connectivity index (χ2n) is 13.2. The molecule has 8 heteroatoms. The number of aliphatic hydroxyl groups is 6. The number of hydrogen-bond donors (Lipinski definition) is 6. The predicted molar refractivity (Wildman–Crippen MR) is 122 cm³/mol. The first kappa shape index (κ1) is 25.3. The molecule has 0 radical (unpaired) electrons. The first-order valence-corrected chi connectivity index (χ1v) is 13.2. The summed E-state index contributed by atoms with van der Waals surface area (Å²) in [5.41, 5.74) is -1.24. The molecule has 196 valence electrons. The van der Waals surface area contributed by atoms with Crippen LogP contribution >= 0.6 is 0 Å². The molecule has 5 aliphatic rings. The zero-order valence-corrected chi connectivity index (χ0v) is 20.8. The molecule has 34 heavy (non-hydrogen) atoms.